The average Bonchev–Trinajstić information content (AvgIpc) is 3.24. The van der Waals surface area contributed by atoms with Crippen LogP contribution in [0.4, 0.5) is 14.5 Å². The molecule has 2 N–H and O–H groups in total. The average molecular weight is 485 g/mol. The number of halogens is 2. The number of aryl methyl sites for hydroxylation is 1. The van der Waals surface area contributed by atoms with Crippen LogP contribution < -0.4 is 15.5 Å². The van der Waals surface area contributed by atoms with Crippen LogP contribution in [0.1, 0.15) is 29.2 Å². The van der Waals surface area contributed by atoms with Crippen LogP contribution in [-0.4, -0.2) is 61.6 Å². The Hall–Kier alpha value is -3.55. The van der Waals surface area contributed by atoms with Crippen molar-refractivity contribution >= 4 is 17.5 Å². The molecule has 0 bridgehead atoms. The smallest absolute Gasteiger partial charge is 0.256 e. The van der Waals surface area contributed by atoms with Gasteiger partial charge in [0.15, 0.2) is 0 Å². The van der Waals surface area contributed by atoms with Crippen molar-refractivity contribution in [3.05, 3.63) is 64.2 Å². The molecular weight excluding hydrogens is 454 g/mol. The summed E-state index contributed by atoms with van der Waals surface area (Å²) >= 11 is 0. The number of carbonyl (C=O) groups is 2. The van der Waals surface area contributed by atoms with Crippen LogP contribution >= 0.6 is 0 Å². The fraction of sp³-hybridized carbons (Fsp3) is 0.400. The predicted octanol–water partition coefficient (Wildman–Crippen LogP) is 2.07. The van der Waals surface area contributed by atoms with Crippen LogP contribution in [0.3, 0.4) is 0 Å². The number of likely N-dealkylation sites (N-methyl/N-ethyl adjacent to an activating group) is 2. The zero-order valence-corrected chi connectivity index (χ0v) is 20.2. The molecule has 186 valence electrons. The maximum atomic E-state index is 14.1. The van der Waals surface area contributed by atoms with E-state index in [4.69, 9.17) is 0 Å². The minimum atomic E-state index is -0.658. The largest absolute Gasteiger partial charge is 0.353 e. The van der Waals surface area contributed by atoms with E-state index >= 15 is 0 Å². The van der Waals surface area contributed by atoms with Gasteiger partial charge in [0, 0.05) is 38.9 Å². The number of amides is 2. The molecule has 0 saturated heterocycles. The maximum Gasteiger partial charge on any atom is 0.256 e. The topological polar surface area (TPSA) is 91.7 Å². The Balaban J connectivity index is 1.77. The second kappa shape index (κ2) is 11.7. The molecule has 0 saturated carbocycles. The van der Waals surface area contributed by atoms with Crippen LogP contribution in [0.2, 0.25) is 0 Å². The van der Waals surface area contributed by atoms with Crippen LogP contribution in [0.15, 0.2) is 30.3 Å². The molecule has 35 heavy (non-hydrogen) atoms. The number of hydrazine groups is 1. The van der Waals surface area contributed by atoms with Gasteiger partial charge in [-0.3, -0.25) is 14.6 Å². The molecule has 1 aliphatic heterocycles. The van der Waals surface area contributed by atoms with Crippen molar-refractivity contribution < 1.29 is 18.4 Å². The second-order valence-corrected chi connectivity index (χ2v) is 8.44. The van der Waals surface area contributed by atoms with Gasteiger partial charge < -0.3 is 15.5 Å². The first kappa shape index (κ1) is 26.1. The summed E-state index contributed by atoms with van der Waals surface area (Å²) in [4.78, 5) is 27.4. The molecule has 0 unspecified atom stereocenters. The molecule has 0 fully saturated rings. The third-order valence-electron chi connectivity index (χ3n) is 5.94. The first-order chi connectivity index (χ1) is 16.7. The lowest BCUT2D eigenvalue weighted by Crippen LogP contribution is -2.48. The molecule has 2 aromatic carbocycles. The van der Waals surface area contributed by atoms with E-state index in [2.05, 4.69) is 10.6 Å². The molecule has 0 spiro atoms. The molecule has 2 amide bonds. The van der Waals surface area contributed by atoms with Crippen molar-refractivity contribution in [3.8, 4) is 6.07 Å². The summed E-state index contributed by atoms with van der Waals surface area (Å²) in [5, 5.41) is 18.4. The molecule has 8 nitrogen and oxygen atoms in total. The number of fused-ring (bicyclic) bond motifs is 1. The van der Waals surface area contributed by atoms with E-state index in [0.29, 0.717) is 37.4 Å². The number of nitriles is 1. The van der Waals surface area contributed by atoms with E-state index in [-0.39, 0.29) is 36.3 Å². The molecule has 2 aromatic rings. The van der Waals surface area contributed by atoms with Gasteiger partial charge in [-0.25, -0.2) is 13.8 Å². The van der Waals surface area contributed by atoms with Crippen molar-refractivity contribution in [1.29, 1.82) is 5.26 Å². The number of hydrogen-bond donors (Lipinski definition) is 2. The molecule has 0 radical (unpaired) electrons. The van der Waals surface area contributed by atoms with Gasteiger partial charge in [0.25, 0.3) is 5.91 Å². The predicted molar refractivity (Wildman–Crippen MR) is 128 cm³/mol. The lowest BCUT2D eigenvalue weighted by molar-refractivity contribution is -0.145. The third-order valence-corrected chi connectivity index (χ3v) is 5.94. The fourth-order valence-corrected chi connectivity index (χ4v) is 3.99. The zero-order chi connectivity index (χ0) is 25.5. The first-order valence-electron chi connectivity index (χ1n) is 11.4. The Kier molecular flexibility index (Phi) is 8.73. The Labute approximate surface area is 204 Å². The van der Waals surface area contributed by atoms with Crippen molar-refractivity contribution in [2.24, 2.45) is 0 Å². The Morgan fingerprint density at radius 2 is 1.86 bits per heavy atom. The molecule has 0 aromatic heterocycles. The minimum absolute atomic E-state index is 0.144. The summed E-state index contributed by atoms with van der Waals surface area (Å²) in [6.45, 7) is 5.95. The Morgan fingerprint density at radius 3 is 2.57 bits per heavy atom. The van der Waals surface area contributed by atoms with Gasteiger partial charge in [0.05, 0.1) is 18.7 Å². The van der Waals surface area contributed by atoms with Crippen molar-refractivity contribution in [1.82, 2.24) is 20.7 Å². The molecule has 0 atom stereocenters. The highest BCUT2D eigenvalue weighted by molar-refractivity contribution is 5.86. The van der Waals surface area contributed by atoms with Gasteiger partial charge in [-0.05, 0) is 54.4 Å². The quantitative estimate of drug-likeness (QED) is 0.502. The van der Waals surface area contributed by atoms with E-state index in [1.54, 1.807) is 29.9 Å². The lowest BCUT2D eigenvalue weighted by atomic mass is 10.1. The summed E-state index contributed by atoms with van der Waals surface area (Å²) in [7, 11) is 1.62. The van der Waals surface area contributed by atoms with Gasteiger partial charge in [-0.15, -0.1) is 0 Å². The van der Waals surface area contributed by atoms with E-state index < -0.39 is 5.82 Å². The Morgan fingerprint density at radius 1 is 1.11 bits per heavy atom. The monoisotopic (exact) mass is 484 g/mol. The first-order valence-corrected chi connectivity index (χ1v) is 11.4. The highest BCUT2D eigenvalue weighted by Gasteiger charge is 2.27. The summed E-state index contributed by atoms with van der Waals surface area (Å²) in [5.41, 5.74) is 2.52. The van der Waals surface area contributed by atoms with Gasteiger partial charge in [0.2, 0.25) is 5.91 Å². The fourth-order valence-electron chi connectivity index (χ4n) is 3.99. The summed E-state index contributed by atoms with van der Waals surface area (Å²) < 4.78 is 27.7. The number of benzene rings is 2. The summed E-state index contributed by atoms with van der Waals surface area (Å²) in [6, 6.07) is 8.96. The molecule has 3 rings (SSSR count). The van der Waals surface area contributed by atoms with E-state index in [9.17, 15) is 23.6 Å². The number of nitrogens with one attached hydrogen (secondary N) is 2. The number of anilines is 1. The SMILES string of the molecule is CCNCCNC(=O)CN(CC(=O)N(C)N1Cc2ccc(F)cc2C1)c1cc(C#N)c(F)cc1C. The molecule has 1 aliphatic rings. The van der Waals surface area contributed by atoms with E-state index in [1.807, 2.05) is 13.0 Å². The van der Waals surface area contributed by atoms with Crippen LogP contribution in [0, 0.1) is 29.9 Å². The van der Waals surface area contributed by atoms with Gasteiger partial charge in [-0.2, -0.15) is 5.26 Å². The van der Waals surface area contributed by atoms with Crippen LogP contribution in [-0.2, 0) is 22.7 Å². The van der Waals surface area contributed by atoms with Gasteiger partial charge in [-0.1, -0.05) is 13.0 Å². The van der Waals surface area contributed by atoms with Gasteiger partial charge in [0.1, 0.15) is 17.7 Å². The molecule has 0 aliphatic carbocycles. The van der Waals surface area contributed by atoms with Crippen LogP contribution in [0.25, 0.3) is 0 Å². The molecule has 10 heteroatoms. The standard InChI is InChI=1S/C25H30F2N6O2/c1-4-29-7-8-30-24(34)15-32(23-11-19(12-28)22(27)9-17(23)2)16-25(35)31(3)33-13-18-5-6-21(26)10-20(18)14-33/h5-6,9-11,29H,4,7-8,13-16H2,1-3H3,(H,30,34). The summed E-state index contributed by atoms with van der Waals surface area (Å²) in [5.74, 6) is -1.59. The third kappa shape index (κ3) is 6.53. The number of nitrogens with zero attached hydrogens (tertiary/aromatic N) is 4. The molecular formula is C25H30F2N6O2. The van der Waals surface area contributed by atoms with E-state index in [1.165, 1.54) is 29.3 Å². The van der Waals surface area contributed by atoms with Crippen molar-refractivity contribution in [3.63, 3.8) is 0 Å². The number of hydrogen-bond acceptors (Lipinski definition) is 6. The highest BCUT2D eigenvalue weighted by Crippen LogP contribution is 2.26. The van der Waals surface area contributed by atoms with E-state index in [0.717, 1.165) is 17.7 Å². The normalized spacial score (nSPS) is 12.7. The van der Waals surface area contributed by atoms with Crippen molar-refractivity contribution in [2.45, 2.75) is 26.9 Å². The number of carbonyl (C=O) groups excluding carboxylic acids is 2. The maximum absolute atomic E-state index is 14.1. The second-order valence-electron chi connectivity index (χ2n) is 8.44. The zero-order valence-electron chi connectivity index (χ0n) is 20.2. The van der Waals surface area contributed by atoms with Crippen molar-refractivity contribution in [2.75, 3.05) is 44.7 Å². The van der Waals surface area contributed by atoms with Gasteiger partial charge >= 0.3 is 0 Å². The minimum Gasteiger partial charge on any atom is -0.353 e. The summed E-state index contributed by atoms with van der Waals surface area (Å²) in [6.07, 6.45) is 0. The lowest BCUT2D eigenvalue weighted by Gasteiger charge is -2.32. The van der Waals surface area contributed by atoms with Crippen LogP contribution in [0.5, 0.6) is 0 Å². The molecule has 1 heterocycles. The highest BCUT2D eigenvalue weighted by atomic mass is 19.1. The Bertz CT molecular complexity index is 1130. The number of rotatable bonds is 10.